The fourth-order valence-corrected chi connectivity index (χ4v) is 5.28. The maximum atomic E-state index is 12.9. The van der Waals surface area contributed by atoms with E-state index in [0.717, 1.165) is 4.90 Å². The highest BCUT2D eigenvalue weighted by atomic mass is 32.2. The van der Waals surface area contributed by atoms with Crippen LogP contribution >= 0.6 is 11.8 Å². The van der Waals surface area contributed by atoms with Gasteiger partial charge < -0.3 is 8.92 Å². The highest BCUT2D eigenvalue weighted by Gasteiger charge is 2.36. The molecule has 37 heavy (non-hydrogen) atoms. The lowest BCUT2D eigenvalue weighted by atomic mass is 10.1. The molecule has 0 spiro atoms. The number of amides is 2. The number of carbonyl (C=O) groups excluding carboxylic acids is 2. The molecule has 0 bridgehead atoms. The largest absolute Gasteiger partial charge is 0.490 e. The van der Waals surface area contributed by atoms with Crippen molar-refractivity contribution in [3.05, 3.63) is 98.9 Å². The smallest absolute Gasteiger partial charge is 0.339 e. The highest BCUT2D eigenvalue weighted by Crippen LogP contribution is 2.36. The Labute approximate surface area is 216 Å². The maximum absolute atomic E-state index is 12.9. The molecule has 1 aliphatic heterocycles. The van der Waals surface area contributed by atoms with Gasteiger partial charge in [0.05, 0.1) is 23.0 Å². The predicted octanol–water partition coefficient (Wildman–Crippen LogP) is 5.00. The van der Waals surface area contributed by atoms with Gasteiger partial charge in [-0.1, -0.05) is 42.5 Å². The number of carbonyl (C=O) groups is 2. The van der Waals surface area contributed by atoms with E-state index in [1.54, 1.807) is 31.2 Å². The van der Waals surface area contributed by atoms with E-state index in [2.05, 4.69) is 0 Å². The minimum Gasteiger partial charge on any atom is -0.490 e. The minimum atomic E-state index is -4.11. The van der Waals surface area contributed by atoms with Crippen LogP contribution in [0.25, 0.3) is 6.08 Å². The van der Waals surface area contributed by atoms with E-state index in [-0.39, 0.29) is 45.7 Å². The van der Waals surface area contributed by atoms with Crippen molar-refractivity contribution in [1.82, 2.24) is 4.90 Å². The summed E-state index contributed by atoms with van der Waals surface area (Å²) < 4.78 is 36.1. The normalized spacial score (nSPS) is 14.7. The summed E-state index contributed by atoms with van der Waals surface area (Å²) in [5, 5.41) is 10.7. The Morgan fingerprint density at radius 3 is 2.41 bits per heavy atom. The molecule has 0 unspecified atom stereocenters. The summed E-state index contributed by atoms with van der Waals surface area (Å²) in [5.74, 6) is -0.500. The molecule has 2 amide bonds. The molecule has 1 heterocycles. The monoisotopic (exact) mass is 540 g/mol. The Kier molecular flexibility index (Phi) is 7.60. The van der Waals surface area contributed by atoms with Crippen LogP contribution in [0, 0.1) is 10.1 Å². The number of rotatable bonds is 9. The number of nitro benzene ring substituents is 1. The summed E-state index contributed by atoms with van der Waals surface area (Å²) >= 11 is 0.702. The quantitative estimate of drug-likeness (QED) is 0.159. The van der Waals surface area contributed by atoms with E-state index in [9.17, 15) is 28.1 Å². The molecular formula is C25H20N2O8S2. The predicted molar refractivity (Wildman–Crippen MR) is 136 cm³/mol. The Balaban J connectivity index is 1.58. The first-order valence-corrected chi connectivity index (χ1v) is 13.2. The second kappa shape index (κ2) is 10.8. The van der Waals surface area contributed by atoms with Crippen LogP contribution in [0.2, 0.25) is 0 Å². The minimum absolute atomic E-state index is 0.0196. The third-order valence-electron chi connectivity index (χ3n) is 5.19. The van der Waals surface area contributed by atoms with E-state index in [1.165, 1.54) is 54.6 Å². The van der Waals surface area contributed by atoms with E-state index in [0.29, 0.717) is 17.3 Å². The van der Waals surface area contributed by atoms with Gasteiger partial charge in [0.15, 0.2) is 11.5 Å². The van der Waals surface area contributed by atoms with Crippen molar-refractivity contribution in [1.29, 1.82) is 0 Å². The van der Waals surface area contributed by atoms with Gasteiger partial charge in [0, 0.05) is 11.6 Å². The van der Waals surface area contributed by atoms with E-state index in [4.69, 9.17) is 8.92 Å². The highest BCUT2D eigenvalue weighted by molar-refractivity contribution is 8.18. The summed E-state index contributed by atoms with van der Waals surface area (Å²) in [4.78, 5) is 37.2. The van der Waals surface area contributed by atoms with Crippen LogP contribution < -0.4 is 8.92 Å². The van der Waals surface area contributed by atoms with Gasteiger partial charge >= 0.3 is 10.1 Å². The zero-order valence-corrected chi connectivity index (χ0v) is 21.0. The van der Waals surface area contributed by atoms with Crippen molar-refractivity contribution in [2.45, 2.75) is 18.4 Å². The average Bonchev–Trinajstić information content (AvgIpc) is 3.13. The summed E-state index contributed by atoms with van der Waals surface area (Å²) in [5.41, 5.74) is 0.507. The lowest BCUT2D eigenvalue weighted by Gasteiger charge is -2.13. The summed E-state index contributed by atoms with van der Waals surface area (Å²) in [6, 6.07) is 18.0. The first-order chi connectivity index (χ1) is 17.7. The van der Waals surface area contributed by atoms with Crippen LogP contribution in [0.3, 0.4) is 0 Å². The van der Waals surface area contributed by atoms with Crippen LogP contribution in [0.4, 0.5) is 10.5 Å². The van der Waals surface area contributed by atoms with Crippen molar-refractivity contribution < 1.29 is 31.9 Å². The second-order valence-electron chi connectivity index (χ2n) is 7.64. The number of hydrogen-bond acceptors (Lipinski definition) is 9. The van der Waals surface area contributed by atoms with Crippen molar-refractivity contribution in [2.75, 3.05) is 6.61 Å². The number of ether oxygens (including phenoxy) is 1. The molecule has 1 fully saturated rings. The topological polar surface area (TPSA) is 133 Å². The molecule has 1 saturated heterocycles. The number of nitrogens with zero attached hydrogens (tertiary/aromatic N) is 2. The number of imide groups is 1. The number of nitro groups is 1. The molecule has 0 radical (unpaired) electrons. The fourth-order valence-electron chi connectivity index (χ4n) is 3.49. The summed E-state index contributed by atoms with van der Waals surface area (Å²) in [6.07, 6.45) is 1.46. The first-order valence-electron chi connectivity index (χ1n) is 10.9. The molecule has 0 saturated carbocycles. The van der Waals surface area contributed by atoms with Gasteiger partial charge in [-0.05, 0) is 54.6 Å². The molecule has 0 atom stereocenters. The van der Waals surface area contributed by atoms with E-state index >= 15 is 0 Å². The molecule has 0 aliphatic carbocycles. The zero-order chi connectivity index (χ0) is 26.6. The molecule has 3 aromatic carbocycles. The number of para-hydroxylation sites is 1. The number of benzene rings is 3. The van der Waals surface area contributed by atoms with Gasteiger partial charge in [-0.15, -0.1) is 0 Å². The molecule has 3 aromatic rings. The standard InChI is InChI=1S/C25H20N2O8S2/c1-2-34-22-14-17(12-13-21(22)35-37(32,33)19-9-4-3-5-10-19)15-23-24(28)26(25(29)36-23)16-18-8-6-7-11-20(18)27(30)31/h3-15H,2,16H2,1H3/b23-15-. The Morgan fingerprint density at radius 2 is 1.70 bits per heavy atom. The van der Waals surface area contributed by atoms with Crippen LogP contribution in [-0.4, -0.2) is 36.0 Å². The molecule has 190 valence electrons. The van der Waals surface area contributed by atoms with Crippen molar-refractivity contribution in [2.24, 2.45) is 0 Å². The Bertz CT molecular complexity index is 1500. The number of thioether (sulfide) groups is 1. The van der Waals surface area contributed by atoms with Gasteiger partial charge in [-0.2, -0.15) is 8.42 Å². The lowest BCUT2D eigenvalue weighted by molar-refractivity contribution is -0.385. The van der Waals surface area contributed by atoms with Gasteiger partial charge in [-0.3, -0.25) is 24.6 Å². The molecular weight excluding hydrogens is 520 g/mol. The summed E-state index contributed by atoms with van der Waals surface area (Å²) in [6.45, 7) is 1.70. The Hall–Kier alpha value is -4.16. The Morgan fingerprint density at radius 1 is 1.00 bits per heavy atom. The van der Waals surface area contributed by atoms with Crippen molar-refractivity contribution in [3.8, 4) is 11.5 Å². The average molecular weight is 541 g/mol. The molecule has 4 rings (SSSR count). The number of hydrogen-bond donors (Lipinski definition) is 0. The third-order valence-corrected chi connectivity index (χ3v) is 7.34. The van der Waals surface area contributed by atoms with Crippen LogP contribution in [0.15, 0.2) is 82.6 Å². The van der Waals surface area contributed by atoms with Gasteiger partial charge in [-0.25, -0.2) is 0 Å². The van der Waals surface area contributed by atoms with Gasteiger partial charge in [0.2, 0.25) is 0 Å². The van der Waals surface area contributed by atoms with E-state index < -0.39 is 26.2 Å². The van der Waals surface area contributed by atoms with Crippen molar-refractivity contribution in [3.63, 3.8) is 0 Å². The van der Waals surface area contributed by atoms with Crippen LogP contribution in [0.5, 0.6) is 11.5 Å². The lowest BCUT2D eigenvalue weighted by Crippen LogP contribution is -2.27. The fraction of sp³-hybridized carbons (Fsp3) is 0.120. The third kappa shape index (κ3) is 5.81. The zero-order valence-electron chi connectivity index (χ0n) is 19.4. The van der Waals surface area contributed by atoms with E-state index in [1.807, 2.05) is 0 Å². The van der Waals surface area contributed by atoms with Gasteiger partial charge in [0.25, 0.3) is 16.8 Å². The van der Waals surface area contributed by atoms with Gasteiger partial charge in [0.1, 0.15) is 4.90 Å². The molecule has 0 aromatic heterocycles. The second-order valence-corrected chi connectivity index (χ2v) is 10.2. The van der Waals surface area contributed by atoms with Crippen LogP contribution in [0.1, 0.15) is 18.1 Å². The molecule has 0 N–H and O–H groups in total. The summed E-state index contributed by atoms with van der Waals surface area (Å²) in [7, 11) is -4.11. The SMILES string of the molecule is CCOc1cc(/C=C2\SC(=O)N(Cc3ccccc3[N+](=O)[O-])C2=O)ccc1OS(=O)(=O)c1ccccc1. The van der Waals surface area contributed by atoms with Crippen LogP contribution in [-0.2, 0) is 21.5 Å². The van der Waals surface area contributed by atoms with Crippen molar-refractivity contribution >= 4 is 44.8 Å². The molecule has 10 nitrogen and oxygen atoms in total. The molecule has 12 heteroatoms. The first kappa shape index (κ1) is 25.9. The maximum Gasteiger partial charge on any atom is 0.339 e. The molecule has 1 aliphatic rings.